The number of amides is 1. The molecule has 0 aromatic heterocycles. The van der Waals surface area contributed by atoms with Crippen LogP contribution in [0.1, 0.15) is 27.2 Å². The van der Waals surface area contributed by atoms with E-state index in [1.807, 2.05) is 13.8 Å². The summed E-state index contributed by atoms with van der Waals surface area (Å²) in [5, 5.41) is 3.54. The van der Waals surface area contributed by atoms with Gasteiger partial charge in [-0.3, -0.25) is 4.84 Å². The molecule has 1 atom stereocenters. The normalized spacial score (nSPS) is 14.3. The van der Waals surface area contributed by atoms with Gasteiger partial charge in [0.1, 0.15) is 0 Å². The van der Waals surface area contributed by atoms with E-state index < -0.39 is 6.09 Å². The minimum absolute atomic E-state index is 0.328. The summed E-state index contributed by atoms with van der Waals surface area (Å²) < 4.78 is 0. The largest absolute Gasteiger partial charge is 0.430 e. The third-order valence-corrected chi connectivity index (χ3v) is 1.61. The molecule has 0 rings (SSSR count). The average Bonchev–Trinajstić information content (AvgIpc) is 1.98. The second-order valence-electron chi connectivity index (χ2n) is 2.45. The van der Waals surface area contributed by atoms with Crippen LogP contribution in [0.3, 0.4) is 0 Å². The van der Waals surface area contributed by atoms with Crippen molar-refractivity contribution in [2.45, 2.75) is 27.2 Å². The first kappa shape index (κ1) is 9.94. The number of oxime groups is 1. The molecule has 0 aliphatic heterocycles. The van der Waals surface area contributed by atoms with Gasteiger partial charge in [-0.1, -0.05) is 19.0 Å². The van der Waals surface area contributed by atoms with Crippen LogP contribution in [0.15, 0.2) is 5.16 Å². The maximum atomic E-state index is 10.1. The van der Waals surface area contributed by atoms with Crippen LogP contribution in [-0.4, -0.2) is 11.8 Å². The van der Waals surface area contributed by atoms with Crippen molar-refractivity contribution in [1.29, 1.82) is 0 Å². The highest BCUT2D eigenvalue weighted by Gasteiger charge is 2.03. The number of rotatable bonds is 3. The van der Waals surface area contributed by atoms with Crippen molar-refractivity contribution in [2.75, 3.05) is 0 Å². The van der Waals surface area contributed by atoms with Gasteiger partial charge in [0.2, 0.25) is 0 Å². The van der Waals surface area contributed by atoms with Crippen molar-refractivity contribution in [3.63, 3.8) is 0 Å². The Hall–Kier alpha value is -1.06. The van der Waals surface area contributed by atoms with Crippen LogP contribution in [-0.2, 0) is 4.84 Å². The molecule has 0 bridgehead atoms. The van der Waals surface area contributed by atoms with Gasteiger partial charge in [0.15, 0.2) is 0 Å². The number of hydrogen-bond donors (Lipinski definition) is 1. The predicted octanol–water partition coefficient (Wildman–Crippen LogP) is 1.50. The Morgan fingerprint density at radius 3 is 2.64 bits per heavy atom. The van der Waals surface area contributed by atoms with Crippen LogP contribution in [0, 0.1) is 5.92 Å². The fourth-order valence-electron chi connectivity index (χ4n) is 0.502. The molecule has 4 heteroatoms. The zero-order chi connectivity index (χ0) is 8.85. The topological polar surface area (TPSA) is 64.7 Å². The van der Waals surface area contributed by atoms with Crippen LogP contribution >= 0.6 is 0 Å². The summed E-state index contributed by atoms with van der Waals surface area (Å²) in [6.07, 6.45) is 0.102. The molecule has 0 aliphatic rings. The first-order valence-corrected chi connectivity index (χ1v) is 3.58. The SMILES string of the molecule is CCC(C)/C(C)=N/OC(N)=O. The molecule has 0 heterocycles. The Morgan fingerprint density at radius 2 is 2.27 bits per heavy atom. The maximum Gasteiger partial charge on any atom is 0.430 e. The summed E-state index contributed by atoms with van der Waals surface area (Å²) in [6.45, 7) is 5.84. The molecule has 1 amide bonds. The number of carbonyl (C=O) groups excluding carboxylic acids is 1. The molecular formula is C7H14N2O2. The van der Waals surface area contributed by atoms with Gasteiger partial charge in [-0.25, -0.2) is 4.79 Å². The van der Waals surface area contributed by atoms with Gasteiger partial charge < -0.3 is 5.73 Å². The Balaban J connectivity index is 3.89. The minimum Gasteiger partial charge on any atom is -0.333 e. The Morgan fingerprint density at radius 1 is 1.73 bits per heavy atom. The third kappa shape index (κ3) is 4.36. The van der Waals surface area contributed by atoms with Crippen LogP contribution < -0.4 is 5.73 Å². The van der Waals surface area contributed by atoms with Crippen LogP contribution in [0.5, 0.6) is 0 Å². The first-order chi connectivity index (χ1) is 5.07. The molecule has 1 unspecified atom stereocenters. The van der Waals surface area contributed by atoms with Gasteiger partial charge in [0, 0.05) is 0 Å². The highest BCUT2D eigenvalue weighted by molar-refractivity contribution is 5.84. The summed E-state index contributed by atoms with van der Waals surface area (Å²) in [5.41, 5.74) is 5.50. The second-order valence-corrected chi connectivity index (χ2v) is 2.45. The lowest BCUT2D eigenvalue weighted by Gasteiger charge is -2.05. The van der Waals surface area contributed by atoms with Crippen LogP contribution in [0.25, 0.3) is 0 Å². The molecule has 64 valence electrons. The van der Waals surface area contributed by atoms with E-state index in [9.17, 15) is 4.79 Å². The van der Waals surface area contributed by atoms with Gasteiger partial charge in [-0.05, 0) is 19.3 Å². The van der Waals surface area contributed by atoms with Gasteiger partial charge in [0.05, 0.1) is 5.71 Å². The highest BCUT2D eigenvalue weighted by Crippen LogP contribution is 2.03. The maximum absolute atomic E-state index is 10.1. The van der Waals surface area contributed by atoms with E-state index in [-0.39, 0.29) is 0 Å². The number of hydrogen-bond acceptors (Lipinski definition) is 3. The lowest BCUT2D eigenvalue weighted by atomic mass is 10.1. The average molecular weight is 158 g/mol. The van der Waals surface area contributed by atoms with Crippen molar-refractivity contribution < 1.29 is 9.63 Å². The quantitative estimate of drug-likeness (QED) is 0.384. The lowest BCUT2D eigenvalue weighted by molar-refractivity contribution is 0.161. The summed E-state index contributed by atoms with van der Waals surface area (Å²) in [6, 6.07) is 0. The van der Waals surface area contributed by atoms with Gasteiger partial charge in [0.25, 0.3) is 0 Å². The van der Waals surface area contributed by atoms with E-state index in [0.717, 1.165) is 12.1 Å². The fraction of sp³-hybridized carbons (Fsp3) is 0.714. The monoisotopic (exact) mass is 158 g/mol. The number of nitrogens with two attached hydrogens (primary N) is 1. The Kier molecular flexibility index (Phi) is 4.26. The fourth-order valence-corrected chi connectivity index (χ4v) is 0.502. The molecule has 4 nitrogen and oxygen atoms in total. The molecule has 0 aromatic rings. The first-order valence-electron chi connectivity index (χ1n) is 3.58. The zero-order valence-corrected chi connectivity index (χ0v) is 7.13. The molecule has 0 radical (unpaired) electrons. The summed E-state index contributed by atoms with van der Waals surface area (Å²) in [7, 11) is 0. The van der Waals surface area contributed by atoms with Crippen molar-refractivity contribution in [3.8, 4) is 0 Å². The van der Waals surface area contributed by atoms with Crippen LogP contribution in [0.2, 0.25) is 0 Å². The van der Waals surface area contributed by atoms with E-state index in [0.29, 0.717) is 5.92 Å². The Labute approximate surface area is 66.4 Å². The Bertz CT molecular complexity index is 166. The van der Waals surface area contributed by atoms with Crippen LogP contribution in [0.4, 0.5) is 4.79 Å². The summed E-state index contributed by atoms with van der Waals surface area (Å²) >= 11 is 0. The van der Waals surface area contributed by atoms with E-state index in [1.165, 1.54) is 0 Å². The van der Waals surface area contributed by atoms with E-state index in [2.05, 4.69) is 9.99 Å². The standard InChI is InChI=1S/C7H14N2O2/c1-4-5(2)6(3)9-11-7(8)10/h5H,4H2,1-3H3,(H2,8,10)/b9-6+. The zero-order valence-electron chi connectivity index (χ0n) is 7.13. The molecule has 0 saturated heterocycles. The number of primary amides is 1. The summed E-state index contributed by atoms with van der Waals surface area (Å²) in [5.74, 6) is 0.328. The molecule has 2 N–H and O–H groups in total. The molecule has 11 heavy (non-hydrogen) atoms. The van der Waals surface area contributed by atoms with Crippen molar-refractivity contribution in [2.24, 2.45) is 16.8 Å². The lowest BCUT2D eigenvalue weighted by Crippen LogP contribution is -2.13. The second kappa shape index (κ2) is 4.71. The van der Waals surface area contributed by atoms with Gasteiger partial charge in [-0.15, -0.1) is 0 Å². The third-order valence-electron chi connectivity index (χ3n) is 1.61. The van der Waals surface area contributed by atoms with Crippen molar-refractivity contribution in [1.82, 2.24) is 0 Å². The molecule has 0 aromatic carbocycles. The summed E-state index contributed by atoms with van der Waals surface area (Å²) in [4.78, 5) is 14.4. The molecule has 0 aliphatic carbocycles. The molecule has 0 spiro atoms. The molecule has 0 saturated carbocycles. The molecular weight excluding hydrogens is 144 g/mol. The predicted molar refractivity (Wildman–Crippen MR) is 43.2 cm³/mol. The van der Waals surface area contributed by atoms with Crippen molar-refractivity contribution in [3.05, 3.63) is 0 Å². The number of carbonyl (C=O) groups is 1. The smallest absolute Gasteiger partial charge is 0.333 e. The van der Waals surface area contributed by atoms with Crippen molar-refractivity contribution >= 4 is 11.8 Å². The molecule has 0 fully saturated rings. The van der Waals surface area contributed by atoms with Gasteiger partial charge in [-0.2, -0.15) is 0 Å². The minimum atomic E-state index is -0.868. The van der Waals surface area contributed by atoms with E-state index in [4.69, 9.17) is 5.73 Å². The van der Waals surface area contributed by atoms with E-state index in [1.54, 1.807) is 6.92 Å². The van der Waals surface area contributed by atoms with Gasteiger partial charge >= 0.3 is 6.09 Å². The number of nitrogens with zero attached hydrogens (tertiary/aromatic N) is 1. The van der Waals surface area contributed by atoms with E-state index >= 15 is 0 Å². The highest BCUT2D eigenvalue weighted by atomic mass is 16.7.